The molecule has 0 saturated carbocycles. The zero-order valence-corrected chi connectivity index (χ0v) is 16.3. The van der Waals surface area contributed by atoms with Crippen molar-refractivity contribution in [2.24, 2.45) is 0 Å². The van der Waals surface area contributed by atoms with E-state index in [4.69, 9.17) is 4.74 Å². The number of hydrogen-bond acceptors (Lipinski definition) is 6. The Balaban J connectivity index is 1.93. The molecule has 0 aliphatic carbocycles. The van der Waals surface area contributed by atoms with E-state index in [9.17, 15) is 18.8 Å². The fourth-order valence-corrected chi connectivity index (χ4v) is 3.61. The molecule has 0 unspecified atom stereocenters. The molecule has 6 nitrogen and oxygen atoms in total. The number of halogens is 1. The van der Waals surface area contributed by atoms with E-state index in [0.717, 1.165) is 22.6 Å². The highest BCUT2D eigenvalue weighted by Crippen LogP contribution is 2.30. The van der Waals surface area contributed by atoms with Crippen LogP contribution in [0.4, 0.5) is 10.1 Å². The topological polar surface area (TPSA) is 66.9 Å². The maximum atomic E-state index is 13.2. The molecule has 0 N–H and O–H groups in total. The Hall–Kier alpha value is -3.00. The van der Waals surface area contributed by atoms with Crippen LogP contribution in [0.25, 0.3) is 0 Å². The molecule has 1 aromatic carbocycles. The summed E-state index contributed by atoms with van der Waals surface area (Å²) in [7, 11) is 0. The second-order valence-electron chi connectivity index (χ2n) is 6.05. The molecule has 2 aromatic rings. The standard InChI is InChI=1S/C20H19FN2O4S/c1-3-22(4-2)17-18(27-16(24)11-13-9-10-28-12-13)20(26)23(19(17)25)15-7-5-14(21)6-8-15/h5-10,12H,3-4,11H2,1-2H3. The number of rotatable bonds is 7. The Kier molecular flexibility index (Phi) is 5.89. The number of nitrogens with zero attached hydrogens (tertiary/aromatic N) is 2. The Bertz CT molecular complexity index is 918. The molecular formula is C20H19FN2O4S. The summed E-state index contributed by atoms with van der Waals surface area (Å²) >= 11 is 1.45. The molecule has 1 aliphatic heterocycles. The number of esters is 1. The first-order valence-electron chi connectivity index (χ1n) is 8.81. The highest BCUT2D eigenvalue weighted by atomic mass is 32.1. The van der Waals surface area contributed by atoms with Crippen molar-refractivity contribution in [3.63, 3.8) is 0 Å². The van der Waals surface area contributed by atoms with Gasteiger partial charge in [0.25, 0.3) is 5.91 Å². The predicted octanol–water partition coefficient (Wildman–Crippen LogP) is 3.10. The number of hydrogen-bond donors (Lipinski definition) is 0. The Morgan fingerprint density at radius 1 is 1.11 bits per heavy atom. The number of carbonyl (C=O) groups is 3. The number of anilines is 1. The summed E-state index contributed by atoms with van der Waals surface area (Å²) in [5.41, 5.74) is 1.02. The van der Waals surface area contributed by atoms with E-state index in [1.54, 1.807) is 11.0 Å². The van der Waals surface area contributed by atoms with E-state index in [0.29, 0.717) is 13.1 Å². The van der Waals surface area contributed by atoms with Gasteiger partial charge in [0.1, 0.15) is 5.82 Å². The summed E-state index contributed by atoms with van der Waals surface area (Å²) in [6.07, 6.45) is -0.00342. The van der Waals surface area contributed by atoms with Gasteiger partial charge < -0.3 is 9.64 Å². The van der Waals surface area contributed by atoms with Crippen molar-refractivity contribution in [2.75, 3.05) is 18.0 Å². The van der Waals surface area contributed by atoms with Crippen LogP contribution in [-0.4, -0.2) is 35.8 Å². The van der Waals surface area contributed by atoms with Crippen LogP contribution >= 0.6 is 11.3 Å². The maximum absolute atomic E-state index is 13.2. The lowest BCUT2D eigenvalue weighted by molar-refractivity contribution is -0.141. The summed E-state index contributed by atoms with van der Waals surface area (Å²) < 4.78 is 18.6. The summed E-state index contributed by atoms with van der Waals surface area (Å²) in [4.78, 5) is 40.8. The first kappa shape index (κ1) is 19.8. The Morgan fingerprint density at radius 3 is 2.36 bits per heavy atom. The van der Waals surface area contributed by atoms with Crippen LogP contribution in [0.5, 0.6) is 0 Å². The molecule has 0 fully saturated rings. The molecule has 0 radical (unpaired) electrons. The summed E-state index contributed by atoms with van der Waals surface area (Å²) in [6, 6.07) is 6.78. The van der Waals surface area contributed by atoms with Gasteiger partial charge in [-0.2, -0.15) is 11.3 Å². The summed E-state index contributed by atoms with van der Waals surface area (Å²) in [5, 5.41) is 3.65. The molecule has 2 heterocycles. The van der Waals surface area contributed by atoms with E-state index in [-0.39, 0.29) is 23.6 Å². The number of carbonyl (C=O) groups excluding carboxylic acids is 3. The lowest BCUT2D eigenvalue weighted by atomic mass is 10.2. The minimum atomic E-state index is -0.739. The lowest BCUT2D eigenvalue weighted by Gasteiger charge is -2.22. The zero-order chi connectivity index (χ0) is 20.3. The van der Waals surface area contributed by atoms with Gasteiger partial charge in [-0.1, -0.05) is 0 Å². The molecule has 0 atom stereocenters. The van der Waals surface area contributed by atoms with Crippen LogP contribution in [-0.2, 0) is 25.5 Å². The molecule has 1 aromatic heterocycles. The average Bonchev–Trinajstić information content (AvgIpc) is 3.26. The predicted molar refractivity (Wildman–Crippen MR) is 103 cm³/mol. The average molecular weight is 402 g/mol. The smallest absolute Gasteiger partial charge is 0.315 e. The van der Waals surface area contributed by atoms with E-state index in [1.807, 2.05) is 24.6 Å². The number of likely N-dealkylation sites (N-methyl/N-ethyl adjacent to an activating group) is 1. The maximum Gasteiger partial charge on any atom is 0.315 e. The molecule has 0 bridgehead atoms. The van der Waals surface area contributed by atoms with E-state index in [1.165, 1.54) is 23.5 Å². The minimum absolute atomic E-state index is 0.00342. The van der Waals surface area contributed by atoms with E-state index < -0.39 is 23.6 Å². The van der Waals surface area contributed by atoms with Crippen molar-refractivity contribution in [1.82, 2.24) is 4.90 Å². The third-order valence-corrected chi connectivity index (χ3v) is 5.06. The second kappa shape index (κ2) is 8.35. The fraction of sp³-hybridized carbons (Fsp3) is 0.250. The summed E-state index contributed by atoms with van der Waals surface area (Å²) in [5.74, 6) is -2.74. The molecule has 0 spiro atoms. The van der Waals surface area contributed by atoms with Crippen LogP contribution in [0.2, 0.25) is 0 Å². The van der Waals surface area contributed by atoms with Gasteiger partial charge in [0.15, 0.2) is 5.70 Å². The number of benzene rings is 1. The van der Waals surface area contributed by atoms with Crippen molar-refractivity contribution in [2.45, 2.75) is 20.3 Å². The van der Waals surface area contributed by atoms with Gasteiger partial charge in [-0.3, -0.25) is 14.4 Å². The number of imide groups is 1. The molecule has 2 amide bonds. The van der Waals surface area contributed by atoms with Crippen LogP contribution < -0.4 is 4.90 Å². The van der Waals surface area contributed by atoms with Gasteiger partial charge in [-0.05, 0) is 60.5 Å². The third kappa shape index (κ3) is 3.82. The van der Waals surface area contributed by atoms with E-state index >= 15 is 0 Å². The minimum Gasteiger partial charge on any atom is -0.418 e. The summed E-state index contributed by atoms with van der Waals surface area (Å²) in [6.45, 7) is 4.57. The van der Waals surface area contributed by atoms with Crippen molar-refractivity contribution < 1.29 is 23.5 Å². The second-order valence-corrected chi connectivity index (χ2v) is 6.83. The first-order chi connectivity index (χ1) is 13.5. The quantitative estimate of drug-likeness (QED) is 0.526. The van der Waals surface area contributed by atoms with Crippen molar-refractivity contribution >= 4 is 34.8 Å². The lowest BCUT2D eigenvalue weighted by Crippen LogP contribution is -2.35. The largest absolute Gasteiger partial charge is 0.418 e. The highest BCUT2D eigenvalue weighted by Gasteiger charge is 2.44. The van der Waals surface area contributed by atoms with Crippen LogP contribution in [0, 0.1) is 5.82 Å². The van der Waals surface area contributed by atoms with Crippen LogP contribution in [0.3, 0.4) is 0 Å². The van der Waals surface area contributed by atoms with Crippen LogP contribution in [0.15, 0.2) is 52.5 Å². The Labute approximate surface area is 165 Å². The number of ether oxygens (including phenoxy) is 1. The van der Waals surface area contributed by atoms with Crippen molar-refractivity contribution in [3.8, 4) is 0 Å². The van der Waals surface area contributed by atoms with Gasteiger partial charge in [0.05, 0.1) is 12.1 Å². The SMILES string of the molecule is CCN(CC)C1=C(OC(=O)Cc2ccsc2)C(=O)N(c2ccc(F)cc2)C1=O. The molecule has 8 heteroatoms. The number of amides is 2. The molecule has 146 valence electrons. The molecule has 28 heavy (non-hydrogen) atoms. The fourth-order valence-electron chi connectivity index (χ4n) is 2.94. The number of thiophene rings is 1. The van der Waals surface area contributed by atoms with Crippen LogP contribution in [0.1, 0.15) is 19.4 Å². The zero-order valence-electron chi connectivity index (χ0n) is 15.5. The third-order valence-electron chi connectivity index (χ3n) is 4.33. The van der Waals surface area contributed by atoms with Gasteiger partial charge in [-0.25, -0.2) is 9.29 Å². The van der Waals surface area contributed by atoms with Crippen molar-refractivity contribution in [3.05, 3.63) is 63.9 Å². The molecule has 1 aliphatic rings. The van der Waals surface area contributed by atoms with Crippen molar-refractivity contribution in [1.29, 1.82) is 0 Å². The van der Waals surface area contributed by atoms with Gasteiger partial charge in [-0.15, -0.1) is 0 Å². The van der Waals surface area contributed by atoms with E-state index in [2.05, 4.69) is 0 Å². The Morgan fingerprint density at radius 2 is 1.79 bits per heavy atom. The molecular weight excluding hydrogens is 383 g/mol. The monoisotopic (exact) mass is 402 g/mol. The first-order valence-corrected chi connectivity index (χ1v) is 9.75. The molecule has 3 rings (SSSR count). The molecule has 0 saturated heterocycles. The highest BCUT2D eigenvalue weighted by molar-refractivity contribution is 7.08. The normalized spacial score (nSPS) is 14.0. The van der Waals surface area contributed by atoms with Gasteiger partial charge in [0.2, 0.25) is 5.76 Å². The van der Waals surface area contributed by atoms with Gasteiger partial charge in [0, 0.05) is 13.1 Å². The van der Waals surface area contributed by atoms with Gasteiger partial charge >= 0.3 is 11.9 Å².